The molecule has 0 bridgehead atoms. The molecule has 2 amide bonds. The van der Waals surface area contributed by atoms with Crippen LogP contribution < -0.4 is 10.6 Å². The lowest BCUT2D eigenvalue weighted by atomic mass is 10.3. The minimum absolute atomic E-state index is 0.136. The van der Waals surface area contributed by atoms with Gasteiger partial charge in [-0.2, -0.15) is 0 Å². The predicted octanol–water partition coefficient (Wildman–Crippen LogP) is 2.83. The first-order valence-electron chi connectivity index (χ1n) is 7.04. The summed E-state index contributed by atoms with van der Waals surface area (Å²) in [4.78, 5) is 29.8. The van der Waals surface area contributed by atoms with Crippen LogP contribution in [0.2, 0.25) is 0 Å². The van der Waals surface area contributed by atoms with Gasteiger partial charge in [-0.1, -0.05) is 6.07 Å². The zero-order valence-electron chi connectivity index (χ0n) is 12.9. The van der Waals surface area contributed by atoms with Crippen LogP contribution in [0.5, 0.6) is 0 Å². The maximum absolute atomic E-state index is 11.9. The molecule has 2 aromatic heterocycles. The highest BCUT2D eigenvalue weighted by atomic mass is 32.1. The topological polar surface area (TPSA) is 71.1 Å². The maximum Gasteiger partial charge on any atom is 0.261 e. The molecule has 0 saturated heterocycles. The van der Waals surface area contributed by atoms with Gasteiger partial charge in [0.15, 0.2) is 0 Å². The van der Waals surface area contributed by atoms with Gasteiger partial charge in [0.25, 0.3) is 5.91 Å². The molecule has 6 heteroatoms. The van der Waals surface area contributed by atoms with Gasteiger partial charge in [0.05, 0.1) is 4.88 Å². The van der Waals surface area contributed by atoms with Crippen molar-refractivity contribution in [2.45, 2.75) is 27.2 Å². The Labute approximate surface area is 133 Å². The molecule has 2 heterocycles. The van der Waals surface area contributed by atoms with Crippen molar-refractivity contribution in [1.82, 2.24) is 10.3 Å². The third-order valence-corrected chi connectivity index (χ3v) is 4.33. The predicted molar refractivity (Wildman–Crippen MR) is 88.3 cm³/mol. The van der Waals surface area contributed by atoms with Crippen LogP contribution >= 0.6 is 11.3 Å². The van der Waals surface area contributed by atoms with Gasteiger partial charge in [0, 0.05) is 23.5 Å². The largest absolute Gasteiger partial charge is 0.351 e. The number of carbonyl (C=O) groups is 2. The van der Waals surface area contributed by atoms with Crippen LogP contribution in [0.4, 0.5) is 5.82 Å². The zero-order chi connectivity index (χ0) is 16.1. The van der Waals surface area contributed by atoms with Crippen LogP contribution in [0, 0.1) is 20.8 Å². The number of rotatable bonds is 5. The number of pyridine rings is 1. The van der Waals surface area contributed by atoms with E-state index in [0.717, 1.165) is 16.1 Å². The fourth-order valence-corrected chi connectivity index (χ4v) is 2.83. The summed E-state index contributed by atoms with van der Waals surface area (Å²) >= 11 is 1.46. The molecule has 5 nitrogen and oxygen atoms in total. The number of hydrogen-bond donors (Lipinski definition) is 2. The molecule has 0 aliphatic rings. The highest BCUT2D eigenvalue weighted by Gasteiger charge is 2.11. The minimum Gasteiger partial charge on any atom is -0.351 e. The SMILES string of the molecule is Cc1cccc(NC(=O)CCNC(=O)c2cc(C)c(C)s2)n1. The van der Waals surface area contributed by atoms with Crippen LogP contribution in [0.25, 0.3) is 0 Å². The van der Waals surface area contributed by atoms with E-state index in [2.05, 4.69) is 15.6 Å². The number of nitrogens with one attached hydrogen (secondary N) is 2. The molecule has 0 aromatic carbocycles. The van der Waals surface area contributed by atoms with Crippen LogP contribution in [-0.4, -0.2) is 23.3 Å². The number of aromatic nitrogens is 1. The van der Waals surface area contributed by atoms with Crippen molar-refractivity contribution in [3.05, 3.63) is 45.3 Å². The summed E-state index contributed by atoms with van der Waals surface area (Å²) in [7, 11) is 0. The second-order valence-corrected chi connectivity index (χ2v) is 6.32. The number of hydrogen-bond acceptors (Lipinski definition) is 4. The molecule has 0 saturated carbocycles. The summed E-state index contributed by atoms with van der Waals surface area (Å²) in [6.07, 6.45) is 0.213. The molecule has 116 valence electrons. The Kier molecular flexibility index (Phi) is 5.27. The normalized spacial score (nSPS) is 10.3. The van der Waals surface area contributed by atoms with Crippen LogP contribution in [0.3, 0.4) is 0 Å². The van der Waals surface area contributed by atoms with E-state index in [1.165, 1.54) is 11.3 Å². The van der Waals surface area contributed by atoms with E-state index in [4.69, 9.17) is 0 Å². The molecular formula is C16H19N3O2S. The first-order valence-corrected chi connectivity index (χ1v) is 7.86. The highest BCUT2D eigenvalue weighted by Crippen LogP contribution is 2.20. The summed E-state index contributed by atoms with van der Waals surface area (Å²) in [5.41, 5.74) is 1.95. The fraction of sp³-hybridized carbons (Fsp3) is 0.312. The molecule has 0 aliphatic carbocycles. The molecule has 22 heavy (non-hydrogen) atoms. The summed E-state index contributed by atoms with van der Waals surface area (Å²) in [6.45, 7) is 6.12. The molecule has 0 spiro atoms. The van der Waals surface area contributed by atoms with Gasteiger partial charge >= 0.3 is 0 Å². The lowest BCUT2D eigenvalue weighted by Crippen LogP contribution is -2.27. The Morgan fingerprint density at radius 2 is 2.00 bits per heavy atom. The van der Waals surface area contributed by atoms with Crippen LogP contribution in [-0.2, 0) is 4.79 Å². The Morgan fingerprint density at radius 1 is 1.23 bits per heavy atom. The third-order valence-electron chi connectivity index (χ3n) is 3.18. The number of aryl methyl sites for hydroxylation is 3. The maximum atomic E-state index is 11.9. The third kappa shape index (κ3) is 4.39. The molecule has 2 aromatic rings. The number of thiophene rings is 1. The quantitative estimate of drug-likeness (QED) is 0.891. The summed E-state index contributed by atoms with van der Waals surface area (Å²) in [6, 6.07) is 7.30. The molecule has 2 rings (SSSR count). The molecule has 0 radical (unpaired) electrons. The van der Waals surface area contributed by atoms with Gasteiger partial charge in [0.1, 0.15) is 5.82 Å². The van der Waals surface area contributed by atoms with Gasteiger partial charge < -0.3 is 10.6 Å². The first kappa shape index (κ1) is 16.2. The van der Waals surface area contributed by atoms with Crippen LogP contribution in [0.1, 0.15) is 32.2 Å². The van der Waals surface area contributed by atoms with Gasteiger partial charge in [0.2, 0.25) is 5.91 Å². The number of nitrogens with zero attached hydrogens (tertiary/aromatic N) is 1. The van der Waals surface area contributed by atoms with E-state index >= 15 is 0 Å². The summed E-state index contributed by atoms with van der Waals surface area (Å²) in [5, 5.41) is 5.47. The summed E-state index contributed by atoms with van der Waals surface area (Å²) < 4.78 is 0. The molecule has 0 atom stereocenters. The average Bonchev–Trinajstić information content (AvgIpc) is 2.78. The summed E-state index contributed by atoms with van der Waals surface area (Å²) in [5.74, 6) is 0.223. The molecule has 0 unspecified atom stereocenters. The van der Waals surface area contributed by atoms with Crippen molar-refractivity contribution in [2.75, 3.05) is 11.9 Å². The smallest absolute Gasteiger partial charge is 0.261 e. The monoisotopic (exact) mass is 317 g/mol. The van der Waals surface area contributed by atoms with E-state index in [0.29, 0.717) is 17.2 Å². The van der Waals surface area contributed by atoms with Gasteiger partial charge in [-0.3, -0.25) is 9.59 Å². The molecule has 2 N–H and O–H groups in total. The van der Waals surface area contributed by atoms with Crippen molar-refractivity contribution in [3.8, 4) is 0 Å². The van der Waals surface area contributed by atoms with Crippen molar-refractivity contribution in [1.29, 1.82) is 0 Å². The first-order chi connectivity index (χ1) is 10.5. The van der Waals surface area contributed by atoms with Crippen molar-refractivity contribution in [2.24, 2.45) is 0 Å². The van der Waals surface area contributed by atoms with Gasteiger partial charge in [-0.05, 0) is 44.5 Å². The fourth-order valence-electron chi connectivity index (χ4n) is 1.88. The molecular weight excluding hydrogens is 298 g/mol. The Hall–Kier alpha value is -2.21. The molecule has 0 fully saturated rings. The minimum atomic E-state index is -0.169. The second-order valence-electron chi connectivity index (χ2n) is 5.07. The van der Waals surface area contributed by atoms with E-state index in [-0.39, 0.29) is 18.2 Å². The average molecular weight is 317 g/mol. The molecule has 0 aliphatic heterocycles. The Bertz CT molecular complexity index is 675. The van der Waals surface area contributed by atoms with Crippen molar-refractivity contribution < 1.29 is 9.59 Å². The standard InChI is InChI=1S/C16H19N3O2S/c1-10-9-13(22-12(10)3)16(21)17-8-7-15(20)19-14-6-4-5-11(2)18-14/h4-6,9H,7-8H2,1-3H3,(H,17,21)(H,18,19,20). The van der Waals surface area contributed by atoms with Gasteiger partial charge in [-0.15, -0.1) is 11.3 Å². The van der Waals surface area contributed by atoms with Crippen LogP contribution in [0.15, 0.2) is 24.3 Å². The van der Waals surface area contributed by atoms with Crippen molar-refractivity contribution in [3.63, 3.8) is 0 Å². The van der Waals surface area contributed by atoms with Gasteiger partial charge in [-0.25, -0.2) is 4.98 Å². The van der Waals surface area contributed by atoms with E-state index in [1.807, 2.05) is 39.0 Å². The van der Waals surface area contributed by atoms with E-state index < -0.39 is 0 Å². The lowest BCUT2D eigenvalue weighted by Gasteiger charge is -2.06. The number of amides is 2. The Morgan fingerprint density at radius 3 is 2.64 bits per heavy atom. The number of anilines is 1. The zero-order valence-corrected chi connectivity index (χ0v) is 13.7. The second kappa shape index (κ2) is 7.17. The number of carbonyl (C=O) groups excluding carboxylic acids is 2. The van der Waals surface area contributed by atoms with E-state index in [9.17, 15) is 9.59 Å². The van der Waals surface area contributed by atoms with Crippen molar-refractivity contribution >= 4 is 29.0 Å². The lowest BCUT2D eigenvalue weighted by molar-refractivity contribution is -0.116. The Balaban J connectivity index is 1.78. The highest BCUT2D eigenvalue weighted by molar-refractivity contribution is 7.14. The van der Waals surface area contributed by atoms with E-state index in [1.54, 1.807) is 6.07 Å².